The highest BCUT2D eigenvalue weighted by Gasteiger charge is 2.23. The maximum absolute atomic E-state index is 12.5. The average Bonchev–Trinajstić information content (AvgIpc) is 2.34. The van der Waals surface area contributed by atoms with Crippen LogP contribution in [0, 0.1) is 0 Å². The topological polar surface area (TPSA) is 53.5 Å². The molecule has 19 heavy (non-hydrogen) atoms. The van der Waals surface area contributed by atoms with E-state index in [0.717, 1.165) is 6.42 Å². The maximum Gasteiger partial charge on any atom is 0.244 e. The van der Waals surface area contributed by atoms with E-state index in [1.807, 2.05) is 25.9 Å². The lowest BCUT2D eigenvalue weighted by Gasteiger charge is -2.23. The Hall–Kier alpha value is -0.690. The number of aromatic nitrogens is 1. The molecule has 0 aliphatic heterocycles. The summed E-state index contributed by atoms with van der Waals surface area (Å²) in [5.41, 5.74) is 0. The number of likely N-dealkylation sites (N-methyl/N-ethyl adjacent to an activating group) is 1. The quantitative estimate of drug-likeness (QED) is 0.720. The lowest BCUT2D eigenvalue weighted by Crippen LogP contribution is -2.37. The Kier molecular flexibility index (Phi) is 6.19. The van der Waals surface area contributed by atoms with Crippen molar-refractivity contribution >= 4 is 21.6 Å². The summed E-state index contributed by atoms with van der Waals surface area (Å²) in [4.78, 5) is 5.97. The monoisotopic (exact) mass is 305 g/mol. The van der Waals surface area contributed by atoms with Crippen LogP contribution in [0.15, 0.2) is 23.2 Å². The molecule has 7 heteroatoms. The predicted molar refractivity (Wildman–Crippen MR) is 76.9 cm³/mol. The van der Waals surface area contributed by atoms with Crippen LogP contribution >= 0.6 is 11.6 Å². The molecule has 0 atom stereocenters. The van der Waals surface area contributed by atoms with Crippen LogP contribution in [0.5, 0.6) is 0 Å². The van der Waals surface area contributed by atoms with E-state index in [-0.39, 0.29) is 10.0 Å². The molecule has 1 rings (SSSR count). The van der Waals surface area contributed by atoms with Gasteiger partial charge < -0.3 is 4.90 Å². The van der Waals surface area contributed by atoms with Crippen molar-refractivity contribution in [1.29, 1.82) is 0 Å². The number of nitrogens with zero attached hydrogens (tertiary/aromatic N) is 3. The standard InChI is InChI=1S/C12H20ClN3O2S/c1-4-7-16(9-8-15(2)3)19(17,18)11-5-6-12(13)14-10-11/h5-6,10H,4,7-9H2,1-3H3. The van der Waals surface area contributed by atoms with Gasteiger partial charge in [-0.3, -0.25) is 0 Å². The van der Waals surface area contributed by atoms with Gasteiger partial charge >= 0.3 is 0 Å². The van der Waals surface area contributed by atoms with Crippen LogP contribution in [-0.2, 0) is 10.0 Å². The summed E-state index contributed by atoms with van der Waals surface area (Å²) < 4.78 is 26.4. The van der Waals surface area contributed by atoms with Crippen LogP contribution in [0.4, 0.5) is 0 Å². The van der Waals surface area contributed by atoms with Crippen LogP contribution in [0.25, 0.3) is 0 Å². The van der Waals surface area contributed by atoms with Gasteiger partial charge in [-0.25, -0.2) is 13.4 Å². The molecule has 0 saturated carbocycles. The third-order valence-corrected chi connectivity index (χ3v) is 4.71. The Morgan fingerprint density at radius 3 is 2.37 bits per heavy atom. The third kappa shape index (κ3) is 4.72. The normalized spacial score (nSPS) is 12.3. The van der Waals surface area contributed by atoms with Gasteiger partial charge in [0, 0.05) is 25.8 Å². The number of rotatable bonds is 7. The summed E-state index contributed by atoms with van der Waals surface area (Å²) in [5, 5.41) is 0.286. The van der Waals surface area contributed by atoms with Gasteiger partial charge in [0.05, 0.1) is 0 Å². The van der Waals surface area contributed by atoms with Crippen molar-refractivity contribution in [2.24, 2.45) is 0 Å². The third-order valence-electron chi connectivity index (χ3n) is 2.61. The molecule has 0 aliphatic rings. The van der Waals surface area contributed by atoms with E-state index in [1.54, 1.807) is 0 Å². The Morgan fingerprint density at radius 2 is 1.89 bits per heavy atom. The molecular formula is C12H20ClN3O2S. The Labute approximate surface area is 120 Å². The molecule has 0 N–H and O–H groups in total. The number of halogens is 1. The zero-order valence-corrected chi connectivity index (χ0v) is 13.1. The smallest absolute Gasteiger partial charge is 0.244 e. The maximum atomic E-state index is 12.5. The van der Waals surface area contributed by atoms with E-state index in [0.29, 0.717) is 19.6 Å². The predicted octanol–water partition coefficient (Wildman–Crippen LogP) is 1.70. The minimum absolute atomic E-state index is 0.184. The van der Waals surface area contributed by atoms with Crippen molar-refractivity contribution in [3.05, 3.63) is 23.5 Å². The molecule has 0 fully saturated rings. The summed E-state index contributed by atoms with van der Waals surface area (Å²) in [5.74, 6) is 0. The lowest BCUT2D eigenvalue weighted by atomic mass is 10.4. The largest absolute Gasteiger partial charge is 0.308 e. The molecule has 0 aromatic carbocycles. The van der Waals surface area contributed by atoms with Crippen molar-refractivity contribution in [3.8, 4) is 0 Å². The molecule has 5 nitrogen and oxygen atoms in total. The van der Waals surface area contributed by atoms with Gasteiger partial charge in [-0.05, 0) is 32.6 Å². The Balaban J connectivity index is 2.95. The molecule has 1 aromatic rings. The molecule has 1 aromatic heterocycles. The van der Waals surface area contributed by atoms with E-state index in [4.69, 9.17) is 11.6 Å². The van der Waals surface area contributed by atoms with E-state index >= 15 is 0 Å². The van der Waals surface area contributed by atoms with Crippen LogP contribution in [-0.4, -0.2) is 56.3 Å². The first-order chi connectivity index (χ1) is 8.87. The number of pyridine rings is 1. The van der Waals surface area contributed by atoms with Gasteiger partial charge in [-0.1, -0.05) is 18.5 Å². The van der Waals surface area contributed by atoms with Crippen molar-refractivity contribution < 1.29 is 8.42 Å². The van der Waals surface area contributed by atoms with E-state index in [9.17, 15) is 8.42 Å². The SMILES string of the molecule is CCCN(CCN(C)C)S(=O)(=O)c1ccc(Cl)nc1. The van der Waals surface area contributed by atoms with Crippen LogP contribution in [0.2, 0.25) is 5.15 Å². The Morgan fingerprint density at radius 1 is 1.21 bits per heavy atom. The van der Waals surface area contributed by atoms with Crippen LogP contribution in [0.3, 0.4) is 0 Å². The zero-order valence-electron chi connectivity index (χ0n) is 11.5. The molecule has 1 heterocycles. The van der Waals surface area contributed by atoms with Gasteiger partial charge in [0.1, 0.15) is 10.0 Å². The fourth-order valence-electron chi connectivity index (χ4n) is 1.58. The highest BCUT2D eigenvalue weighted by molar-refractivity contribution is 7.89. The summed E-state index contributed by atoms with van der Waals surface area (Å²) in [6.45, 7) is 3.60. The number of hydrogen-bond donors (Lipinski definition) is 0. The number of hydrogen-bond acceptors (Lipinski definition) is 4. The van der Waals surface area contributed by atoms with Gasteiger partial charge in [0.2, 0.25) is 10.0 Å². The van der Waals surface area contributed by atoms with E-state index in [1.165, 1.54) is 22.6 Å². The fraction of sp³-hybridized carbons (Fsp3) is 0.583. The van der Waals surface area contributed by atoms with Gasteiger partial charge in [-0.2, -0.15) is 4.31 Å². The van der Waals surface area contributed by atoms with Crippen molar-refractivity contribution in [3.63, 3.8) is 0 Å². The molecule has 0 saturated heterocycles. The van der Waals surface area contributed by atoms with Crippen molar-refractivity contribution in [2.45, 2.75) is 18.2 Å². The highest BCUT2D eigenvalue weighted by Crippen LogP contribution is 2.16. The fourth-order valence-corrected chi connectivity index (χ4v) is 3.16. The first-order valence-corrected chi connectivity index (χ1v) is 7.96. The lowest BCUT2D eigenvalue weighted by molar-refractivity contribution is 0.333. The van der Waals surface area contributed by atoms with Crippen LogP contribution < -0.4 is 0 Å². The van der Waals surface area contributed by atoms with Gasteiger partial charge in [0.15, 0.2) is 0 Å². The molecule has 108 valence electrons. The first-order valence-electron chi connectivity index (χ1n) is 6.14. The molecule has 0 aliphatic carbocycles. The summed E-state index contributed by atoms with van der Waals surface area (Å²) in [6.07, 6.45) is 2.07. The van der Waals surface area contributed by atoms with Crippen molar-refractivity contribution in [2.75, 3.05) is 33.7 Å². The second kappa shape index (κ2) is 7.19. The highest BCUT2D eigenvalue weighted by atomic mass is 35.5. The van der Waals surface area contributed by atoms with Crippen LogP contribution in [0.1, 0.15) is 13.3 Å². The zero-order chi connectivity index (χ0) is 14.5. The number of sulfonamides is 1. The minimum Gasteiger partial charge on any atom is -0.308 e. The molecule has 0 amide bonds. The van der Waals surface area contributed by atoms with Gasteiger partial charge in [0.25, 0.3) is 0 Å². The summed E-state index contributed by atoms with van der Waals surface area (Å²) >= 11 is 5.68. The van der Waals surface area contributed by atoms with Gasteiger partial charge in [-0.15, -0.1) is 0 Å². The molecular weight excluding hydrogens is 286 g/mol. The molecule has 0 unspecified atom stereocenters. The van der Waals surface area contributed by atoms with E-state index < -0.39 is 10.0 Å². The van der Waals surface area contributed by atoms with E-state index in [2.05, 4.69) is 4.98 Å². The molecule has 0 bridgehead atoms. The minimum atomic E-state index is -3.49. The summed E-state index contributed by atoms with van der Waals surface area (Å²) in [6, 6.07) is 2.98. The molecule has 0 spiro atoms. The van der Waals surface area contributed by atoms with Crippen molar-refractivity contribution in [1.82, 2.24) is 14.2 Å². The summed E-state index contributed by atoms with van der Waals surface area (Å²) in [7, 11) is 0.344. The second-order valence-electron chi connectivity index (χ2n) is 4.52. The Bertz CT molecular complexity index is 488. The average molecular weight is 306 g/mol. The second-order valence-corrected chi connectivity index (χ2v) is 6.85. The molecule has 0 radical (unpaired) electrons. The first kappa shape index (κ1) is 16.4.